The summed E-state index contributed by atoms with van der Waals surface area (Å²) in [5, 5.41) is 11.8. The fourth-order valence-electron chi connectivity index (χ4n) is 2.13. The van der Waals surface area contributed by atoms with Crippen LogP contribution in [-0.2, 0) is 0 Å². The molecular formula is C18H19N3O. The van der Waals surface area contributed by atoms with Gasteiger partial charge in [-0.15, -0.1) is 0 Å². The number of carbonyl (C=O) groups is 1. The van der Waals surface area contributed by atoms with Crippen molar-refractivity contribution in [2.75, 3.05) is 18.5 Å². The third-order valence-corrected chi connectivity index (χ3v) is 3.64. The van der Waals surface area contributed by atoms with E-state index in [2.05, 4.69) is 17.1 Å². The van der Waals surface area contributed by atoms with Crippen LogP contribution in [0.25, 0.3) is 0 Å². The number of para-hydroxylation sites is 1. The molecule has 0 aliphatic rings. The van der Waals surface area contributed by atoms with Crippen LogP contribution in [0.1, 0.15) is 22.8 Å². The summed E-state index contributed by atoms with van der Waals surface area (Å²) in [5.41, 5.74) is 2.10. The zero-order valence-corrected chi connectivity index (χ0v) is 12.8. The van der Waals surface area contributed by atoms with E-state index in [4.69, 9.17) is 5.26 Å². The van der Waals surface area contributed by atoms with E-state index in [1.165, 1.54) is 0 Å². The molecule has 0 aliphatic carbocycles. The van der Waals surface area contributed by atoms with Gasteiger partial charge in [-0.25, -0.2) is 0 Å². The van der Waals surface area contributed by atoms with Crippen LogP contribution in [0.4, 0.5) is 5.69 Å². The topological polar surface area (TPSA) is 56.1 Å². The maximum Gasteiger partial charge on any atom is 0.251 e. The predicted octanol–water partition coefficient (Wildman–Crippen LogP) is 2.81. The Bertz CT molecular complexity index is 676. The highest BCUT2D eigenvalue weighted by molar-refractivity contribution is 5.94. The number of likely N-dealkylation sites (N-methyl/N-ethyl adjacent to an activating group) is 1. The second-order valence-electron chi connectivity index (χ2n) is 5.20. The Balaban J connectivity index is 1.94. The number of anilines is 1. The van der Waals surface area contributed by atoms with Crippen LogP contribution in [0.2, 0.25) is 0 Å². The normalized spacial score (nSPS) is 11.3. The molecule has 0 unspecified atom stereocenters. The average Bonchev–Trinajstić information content (AvgIpc) is 2.59. The molecule has 2 aromatic carbocycles. The highest BCUT2D eigenvalue weighted by Crippen LogP contribution is 2.13. The van der Waals surface area contributed by atoms with Crippen molar-refractivity contribution in [2.45, 2.75) is 13.0 Å². The Morgan fingerprint density at radius 2 is 1.95 bits per heavy atom. The molecule has 0 bridgehead atoms. The van der Waals surface area contributed by atoms with Gasteiger partial charge < -0.3 is 10.2 Å². The number of hydrogen-bond acceptors (Lipinski definition) is 3. The van der Waals surface area contributed by atoms with Gasteiger partial charge >= 0.3 is 0 Å². The SMILES string of the molecule is C[C@H](CNC(=O)c1cccc(C#N)c1)N(C)c1ccccc1. The second kappa shape index (κ2) is 7.28. The third-order valence-electron chi connectivity index (χ3n) is 3.64. The Morgan fingerprint density at radius 1 is 1.23 bits per heavy atom. The minimum Gasteiger partial charge on any atom is -0.370 e. The molecule has 22 heavy (non-hydrogen) atoms. The number of amides is 1. The van der Waals surface area contributed by atoms with Crippen molar-refractivity contribution in [1.82, 2.24) is 5.32 Å². The Labute approximate surface area is 131 Å². The molecule has 0 saturated heterocycles. The highest BCUT2D eigenvalue weighted by Gasteiger charge is 2.12. The van der Waals surface area contributed by atoms with Crippen LogP contribution in [0, 0.1) is 11.3 Å². The van der Waals surface area contributed by atoms with E-state index >= 15 is 0 Å². The zero-order chi connectivity index (χ0) is 15.9. The lowest BCUT2D eigenvalue weighted by atomic mass is 10.1. The van der Waals surface area contributed by atoms with Gasteiger partial charge in [0.25, 0.3) is 5.91 Å². The molecule has 2 aromatic rings. The van der Waals surface area contributed by atoms with E-state index in [0.29, 0.717) is 17.7 Å². The molecular weight excluding hydrogens is 274 g/mol. The first kappa shape index (κ1) is 15.6. The molecule has 0 spiro atoms. The zero-order valence-electron chi connectivity index (χ0n) is 12.8. The minimum absolute atomic E-state index is 0.158. The summed E-state index contributed by atoms with van der Waals surface area (Å²) in [4.78, 5) is 14.3. The smallest absolute Gasteiger partial charge is 0.251 e. The first-order valence-electron chi connectivity index (χ1n) is 7.18. The third kappa shape index (κ3) is 3.86. The van der Waals surface area contributed by atoms with Crippen LogP contribution in [0.15, 0.2) is 54.6 Å². The van der Waals surface area contributed by atoms with Gasteiger partial charge in [0.05, 0.1) is 11.6 Å². The van der Waals surface area contributed by atoms with Crippen LogP contribution in [0.5, 0.6) is 0 Å². The summed E-state index contributed by atoms with van der Waals surface area (Å²) in [6.45, 7) is 2.58. The van der Waals surface area contributed by atoms with Gasteiger partial charge in [-0.05, 0) is 37.3 Å². The summed E-state index contributed by atoms with van der Waals surface area (Å²) in [5.74, 6) is -0.162. The molecule has 0 saturated carbocycles. The number of benzene rings is 2. The van der Waals surface area contributed by atoms with Crippen molar-refractivity contribution in [3.05, 3.63) is 65.7 Å². The summed E-state index contributed by atoms with van der Waals surface area (Å²) in [6, 6.07) is 18.9. The number of hydrogen-bond donors (Lipinski definition) is 1. The summed E-state index contributed by atoms with van der Waals surface area (Å²) in [6.07, 6.45) is 0. The highest BCUT2D eigenvalue weighted by atomic mass is 16.1. The quantitative estimate of drug-likeness (QED) is 0.922. The van der Waals surface area contributed by atoms with E-state index in [9.17, 15) is 4.79 Å². The van der Waals surface area contributed by atoms with Crippen LogP contribution >= 0.6 is 0 Å². The van der Waals surface area contributed by atoms with Crippen molar-refractivity contribution >= 4 is 11.6 Å². The largest absolute Gasteiger partial charge is 0.370 e. The first-order valence-corrected chi connectivity index (χ1v) is 7.18. The van der Waals surface area contributed by atoms with Crippen molar-refractivity contribution in [3.8, 4) is 6.07 Å². The van der Waals surface area contributed by atoms with Gasteiger partial charge in [0.2, 0.25) is 0 Å². The molecule has 1 amide bonds. The number of nitriles is 1. The molecule has 0 aliphatic heterocycles. The number of rotatable bonds is 5. The molecule has 1 atom stereocenters. The molecule has 0 radical (unpaired) electrons. The fourth-order valence-corrected chi connectivity index (χ4v) is 2.13. The first-order chi connectivity index (χ1) is 10.6. The summed E-state index contributed by atoms with van der Waals surface area (Å²) < 4.78 is 0. The molecule has 1 N–H and O–H groups in total. The molecule has 0 fully saturated rings. The van der Waals surface area contributed by atoms with Gasteiger partial charge in [0, 0.05) is 30.9 Å². The van der Waals surface area contributed by atoms with Gasteiger partial charge in [-0.3, -0.25) is 4.79 Å². The molecule has 0 heterocycles. The monoisotopic (exact) mass is 293 g/mol. The van der Waals surface area contributed by atoms with Crippen molar-refractivity contribution in [3.63, 3.8) is 0 Å². The van der Waals surface area contributed by atoms with Crippen molar-refractivity contribution in [2.24, 2.45) is 0 Å². The predicted molar refractivity (Wildman–Crippen MR) is 87.8 cm³/mol. The number of nitrogens with zero attached hydrogens (tertiary/aromatic N) is 2. The fraction of sp³-hybridized carbons (Fsp3) is 0.222. The second-order valence-corrected chi connectivity index (χ2v) is 5.20. The molecule has 112 valence electrons. The van der Waals surface area contributed by atoms with Gasteiger partial charge in [0.15, 0.2) is 0 Å². The van der Waals surface area contributed by atoms with Crippen LogP contribution in [-0.4, -0.2) is 25.5 Å². The maximum absolute atomic E-state index is 12.1. The van der Waals surface area contributed by atoms with Crippen molar-refractivity contribution < 1.29 is 4.79 Å². The van der Waals surface area contributed by atoms with Crippen LogP contribution in [0.3, 0.4) is 0 Å². The Morgan fingerprint density at radius 3 is 2.64 bits per heavy atom. The van der Waals surface area contributed by atoms with Crippen LogP contribution < -0.4 is 10.2 Å². The Kier molecular flexibility index (Phi) is 5.16. The molecule has 4 nitrogen and oxygen atoms in total. The van der Waals surface area contributed by atoms with Crippen molar-refractivity contribution in [1.29, 1.82) is 5.26 Å². The number of carbonyl (C=O) groups excluding carboxylic acids is 1. The lowest BCUT2D eigenvalue weighted by molar-refractivity contribution is 0.0951. The van der Waals surface area contributed by atoms with E-state index in [-0.39, 0.29) is 11.9 Å². The average molecular weight is 293 g/mol. The molecule has 2 rings (SSSR count). The van der Waals surface area contributed by atoms with Gasteiger partial charge in [-0.1, -0.05) is 24.3 Å². The maximum atomic E-state index is 12.1. The standard InChI is InChI=1S/C18H19N3O/c1-14(21(2)17-9-4-3-5-10-17)13-20-18(22)16-8-6-7-15(11-16)12-19/h3-11,14H,13H2,1-2H3,(H,20,22)/t14-/m1/s1. The van der Waals surface area contributed by atoms with Gasteiger partial charge in [-0.2, -0.15) is 5.26 Å². The molecule has 0 aromatic heterocycles. The van der Waals surface area contributed by atoms with E-state index in [0.717, 1.165) is 5.69 Å². The van der Waals surface area contributed by atoms with E-state index in [1.807, 2.05) is 43.4 Å². The minimum atomic E-state index is -0.162. The Hall–Kier alpha value is -2.80. The lowest BCUT2D eigenvalue weighted by Crippen LogP contribution is -2.40. The van der Waals surface area contributed by atoms with Gasteiger partial charge in [0.1, 0.15) is 0 Å². The molecule has 4 heteroatoms. The summed E-state index contributed by atoms with van der Waals surface area (Å²) >= 11 is 0. The van der Waals surface area contributed by atoms with E-state index < -0.39 is 0 Å². The van der Waals surface area contributed by atoms with E-state index in [1.54, 1.807) is 24.3 Å². The summed E-state index contributed by atoms with van der Waals surface area (Å²) in [7, 11) is 2.00. The number of nitrogens with one attached hydrogen (secondary N) is 1. The lowest BCUT2D eigenvalue weighted by Gasteiger charge is -2.27.